The van der Waals surface area contributed by atoms with Crippen molar-refractivity contribution in [2.75, 3.05) is 27.7 Å². The van der Waals surface area contributed by atoms with E-state index < -0.39 is 0 Å². The van der Waals surface area contributed by atoms with Crippen LogP contribution in [-0.4, -0.2) is 38.6 Å². The third kappa shape index (κ3) is 8.52. The molecular weight excluding hydrogens is 172 g/mol. The summed E-state index contributed by atoms with van der Waals surface area (Å²) < 4.78 is 0. The summed E-state index contributed by atoms with van der Waals surface area (Å²) >= 11 is 0. The van der Waals surface area contributed by atoms with Gasteiger partial charge in [0, 0.05) is 6.04 Å². The molecule has 0 aliphatic heterocycles. The minimum Gasteiger partial charge on any atom is -0.317 e. The van der Waals surface area contributed by atoms with Crippen molar-refractivity contribution in [3.63, 3.8) is 0 Å². The fourth-order valence-corrected chi connectivity index (χ4v) is 1.62. The Hall–Kier alpha value is -0.0800. The van der Waals surface area contributed by atoms with Gasteiger partial charge in [0.15, 0.2) is 0 Å². The summed E-state index contributed by atoms with van der Waals surface area (Å²) in [6.45, 7) is 5.79. The monoisotopic (exact) mass is 200 g/mol. The van der Waals surface area contributed by atoms with E-state index in [0.29, 0.717) is 6.04 Å². The third-order valence-corrected chi connectivity index (χ3v) is 2.67. The molecule has 2 heteroatoms. The molecule has 0 saturated heterocycles. The lowest BCUT2D eigenvalue weighted by molar-refractivity contribution is 0.349. The Balaban J connectivity index is 3.48. The predicted octanol–water partition coefficient (Wildman–Crippen LogP) is 2.35. The number of nitrogens with zero attached hydrogens (tertiary/aromatic N) is 1. The largest absolute Gasteiger partial charge is 0.317 e. The number of hydrogen-bond donors (Lipinski definition) is 1. The number of rotatable bonds is 8. The molecule has 0 spiro atoms. The Morgan fingerprint density at radius 1 is 1.07 bits per heavy atom. The van der Waals surface area contributed by atoms with E-state index in [4.69, 9.17) is 0 Å². The van der Waals surface area contributed by atoms with Gasteiger partial charge in [0.05, 0.1) is 0 Å². The van der Waals surface area contributed by atoms with E-state index >= 15 is 0 Å². The highest BCUT2D eigenvalue weighted by atomic mass is 15.1. The van der Waals surface area contributed by atoms with Gasteiger partial charge in [-0.3, -0.25) is 0 Å². The Bertz CT molecular complexity index is 121. The highest BCUT2D eigenvalue weighted by Gasteiger charge is 2.06. The third-order valence-electron chi connectivity index (χ3n) is 2.67. The summed E-state index contributed by atoms with van der Waals surface area (Å²) in [5.41, 5.74) is 0. The fraction of sp³-hybridized carbons (Fsp3) is 1.00. The van der Waals surface area contributed by atoms with E-state index in [0.717, 1.165) is 5.92 Å². The van der Waals surface area contributed by atoms with E-state index in [-0.39, 0.29) is 0 Å². The summed E-state index contributed by atoms with van der Waals surface area (Å²) in [6.07, 6.45) is 5.31. The van der Waals surface area contributed by atoms with E-state index in [2.05, 4.69) is 45.2 Å². The zero-order chi connectivity index (χ0) is 11.0. The molecule has 1 unspecified atom stereocenters. The molecule has 0 rings (SSSR count). The summed E-state index contributed by atoms with van der Waals surface area (Å²) in [5, 5.41) is 3.40. The summed E-state index contributed by atoms with van der Waals surface area (Å²) in [5.74, 6) is 0.848. The molecule has 2 nitrogen and oxygen atoms in total. The van der Waals surface area contributed by atoms with Crippen LogP contribution in [0.1, 0.15) is 39.5 Å². The Morgan fingerprint density at radius 3 is 2.14 bits per heavy atom. The average molecular weight is 200 g/mol. The summed E-state index contributed by atoms with van der Waals surface area (Å²) in [4.78, 5) is 2.26. The minimum atomic E-state index is 0.705. The van der Waals surface area contributed by atoms with Gasteiger partial charge in [-0.2, -0.15) is 0 Å². The molecule has 0 bridgehead atoms. The van der Waals surface area contributed by atoms with Gasteiger partial charge in [0.2, 0.25) is 0 Å². The first kappa shape index (κ1) is 13.9. The standard InChI is InChI=1S/C12H28N2/c1-11(2)7-6-8-12(13-3)9-10-14(4)5/h11-13H,6-10H2,1-5H3. The van der Waals surface area contributed by atoms with Crippen molar-refractivity contribution in [3.05, 3.63) is 0 Å². The van der Waals surface area contributed by atoms with Crippen LogP contribution in [-0.2, 0) is 0 Å². The highest BCUT2D eigenvalue weighted by Crippen LogP contribution is 2.10. The Kier molecular flexibility index (Phi) is 8.20. The number of nitrogens with one attached hydrogen (secondary N) is 1. The van der Waals surface area contributed by atoms with Gasteiger partial charge in [-0.05, 0) is 46.4 Å². The van der Waals surface area contributed by atoms with Crippen LogP contribution in [0.5, 0.6) is 0 Å². The van der Waals surface area contributed by atoms with Crippen molar-refractivity contribution in [2.24, 2.45) is 5.92 Å². The molecular formula is C12H28N2. The van der Waals surface area contributed by atoms with Crippen LogP contribution in [0.25, 0.3) is 0 Å². The smallest absolute Gasteiger partial charge is 0.00762 e. The molecule has 0 aromatic heterocycles. The second-order valence-electron chi connectivity index (χ2n) is 4.90. The maximum absolute atomic E-state index is 3.40. The molecule has 14 heavy (non-hydrogen) atoms. The van der Waals surface area contributed by atoms with Gasteiger partial charge < -0.3 is 10.2 Å². The summed E-state index contributed by atoms with van der Waals surface area (Å²) in [6, 6.07) is 0.705. The molecule has 0 radical (unpaired) electrons. The zero-order valence-electron chi connectivity index (χ0n) is 10.6. The van der Waals surface area contributed by atoms with Crippen LogP contribution in [0, 0.1) is 5.92 Å². The fourth-order valence-electron chi connectivity index (χ4n) is 1.62. The van der Waals surface area contributed by atoms with Crippen LogP contribution in [0.4, 0.5) is 0 Å². The minimum absolute atomic E-state index is 0.705. The van der Waals surface area contributed by atoms with E-state index in [1.54, 1.807) is 0 Å². The first-order valence-electron chi connectivity index (χ1n) is 5.88. The van der Waals surface area contributed by atoms with E-state index in [9.17, 15) is 0 Å². The molecule has 0 saturated carbocycles. The van der Waals surface area contributed by atoms with Gasteiger partial charge in [-0.25, -0.2) is 0 Å². The molecule has 0 aromatic rings. The second-order valence-corrected chi connectivity index (χ2v) is 4.90. The van der Waals surface area contributed by atoms with Crippen LogP contribution in [0.3, 0.4) is 0 Å². The lowest BCUT2D eigenvalue weighted by atomic mass is 10.0. The number of hydrogen-bond acceptors (Lipinski definition) is 2. The van der Waals surface area contributed by atoms with Crippen molar-refractivity contribution in [3.8, 4) is 0 Å². The zero-order valence-corrected chi connectivity index (χ0v) is 10.6. The lowest BCUT2D eigenvalue weighted by Gasteiger charge is -2.19. The molecule has 0 fully saturated rings. The highest BCUT2D eigenvalue weighted by molar-refractivity contribution is 4.66. The molecule has 0 amide bonds. The van der Waals surface area contributed by atoms with Crippen LogP contribution in [0.15, 0.2) is 0 Å². The SMILES string of the molecule is CNC(CCCC(C)C)CCN(C)C. The van der Waals surface area contributed by atoms with Gasteiger partial charge >= 0.3 is 0 Å². The van der Waals surface area contributed by atoms with E-state index in [1.807, 2.05) is 0 Å². The predicted molar refractivity (Wildman–Crippen MR) is 64.7 cm³/mol. The lowest BCUT2D eigenvalue weighted by Crippen LogP contribution is -2.29. The van der Waals surface area contributed by atoms with Crippen molar-refractivity contribution >= 4 is 0 Å². The maximum atomic E-state index is 3.40. The van der Waals surface area contributed by atoms with E-state index in [1.165, 1.54) is 32.2 Å². The normalized spacial score (nSPS) is 13.9. The molecule has 1 N–H and O–H groups in total. The first-order valence-corrected chi connectivity index (χ1v) is 5.88. The van der Waals surface area contributed by atoms with Gasteiger partial charge in [0.25, 0.3) is 0 Å². The van der Waals surface area contributed by atoms with Gasteiger partial charge in [-0.15, -0.1) is 0 Å². The van der Waals surface area contributed by atoms with Crippen LogP contribution < -0.4 is 5.32 Å². The van der Waals surface area contributed by atoms with Gasteiger partial charge in [-0.1, -0.05) is 26.7 Å². The molecule has 0 aromatic carbocycles. The van der Waals surface area contributed by atoms with Crippen molar-refractivity contribution in [1.29, 1.82) is 0 Å². The maximum Gasteiger partial charge on any atom is 0.00762 e. The average Bonchev–Trinajstić information content (AvgIpc) is 2.10. The Morgan fingerprint density at radius 2 is 1.71 bits per heavy atom. The molecule has 86 valence electrons. The van der Waals surface area contributed by atoms with Crippen molar-refractivity contribution in [2.45, 2.75) is 45.6 Å². The van der Waals surface area contributed by atoms with Crippen molar-refractivity contribution < 1.29 is 0 Å². The van der Waals surface area contributed by atoms with Crippen LogP contribution >= 0.6 is 0 Å². The first-order chi connectivity index (χ1) is 6.56. The molecule has 0 aliphatic rings. The Labute approximate surface area is 90.1 Å². The molecule has 0 aliphatic carbocycles. The van der Waals surface area contributed by atoms with Gasteiger partial charge in [0.1, 0.15) is 0 Å². The molecule has 0 heterocycles. The second kappa shape index (κ2) is 8.25. The van der Waals surface area contributed by atoms with Crippen molar-refractivity contribution in [1.82, 2.24) is 10.2 Å². The quantitative estimate of drug-likeness (QED) is 0.647. The summed E-state index contributed by atoms with van der Waals surface area (Å²) in [7, 11) is 6.36. The van der Waals surface area contributed by atoms with Crippen LogP contribution in [0.2, 0.25) is 0 Å². The molecule has 1 atom stereocenters. The topological polar surface area (TPSA) is 15.3 Å².